The molecule has 0 aliphatic carbocycles. The van der Waals surface area contributed by atoms with E-state index in [2.05, 4.69) is 14.7 Å². The van der Waals surface area contributed by atoms with Crippen molar-refractivity contribution in [1.82, 2.24) is 19.3 Å². The Morgan fingerprint density at radius 2 is 2.16 bits per heavy atom. The molecule has 2 aromatic rings. The Hall–Kier alpha value is -1.44. The number of nitrogens with one attached hydrogen (secondary N) is 1. The zero-order valence-corrected chi connectivity index (χ0v) is 12.0. The second kappa shape index (κ2) is 5.28. The van der Waals surface area contributed by atoms with Crippen LogP contribution in [0.25, 0.3) is 0 Å². The molecule has 0 saturated carbocycles. The van der Waals surface area contributed by atoms with E-state index < -0.39 is 10.0 Å². The normalized spacial score (nSPS) is 11.7. The summed E-state index contributed by atoms with van der Waals surface area (Å²) in [4.78, 5) is 7.99. The largest absolute Gasteiger partial charge is 0.324 e. The Balaban J connectivity index is 2.17. The maximum absolute atomic E-state index is 12.0. The molecule has 1 N–H and O–H groups in total. The minimum Gasteiger partial charge on any atom is -0.324 e. The molecule has 2 aromatic heterocycles. The van der Waals surface area contributed by atoms with Crippen LogP contribution in [0.5, 0.6) is 0 Å². The summed E-state index contributed by atoms with van der Waals surface area (Å²) < 4.78 is 27.9. The number of imidazole rings is 1. The van der Waals surface area contributed by atoms with Crippen LogP contribution in [-0.2, 0) is 23.6 Å². The molecule has 0 amide bonds. The predicted molar refractivity (Wildman–Crippen MR) is 71.2 cm³/mol. The van der Waals surface area contributed by atoms with Gasteiger partial charge in [0.05, 0.1) is 18.6 Å². The lowest BCUT2D eigenvalue weighted by atomic mass is 10.3. The van der Waals surface area contributed by atoms with Crippen LogP contribution in [-0.4, -0.2) is 23.0 Å². The van der Waals surface area contributed by atoms with Crippen molar-refractivity contribution in [2.24, 2.45) is 7.05 Å². The van der Waals surface area contributed by atoms with Crippen molar-refractivity contribution in [2.75, 3.05) is 0 Å². The second-order valence-corrected chi connectivity index (χ2v) is 6.09. The second-order valence-electron chi connectivity index (χ2n) is 4.05. The van der Waals surface area contributed by atoms with Gasteiger partial charge in [0.1, 0.15) is 5.15 Å². The van der Waals surface area contributed by atoms with E-state index in [0.717, 1.165) is 5.69 Å². The fourth-order valence-electron chi connectivity index (χ4n) is 1.51. The summed E-state index contributed by atoms with van der Waals surface area (Å²) in [6.45, 7) is 1.94. The van der Waals surface area contributed by atoms with Crippen LogP contribution in [0.4, 0.5) is 0 Å². The van der Waals surface area contributed by atoms with Crippen LogP contribution < -0.4 is 4.72 Å². The van der Waals surface area contributed by atoms with Crippen molar-refractivity contribution in [3.05, 3.63) is 41.1 Å². The minimum atomic E-state index is -3.74. The summed E-state index contributed by atoms with van der Waals surface area (Å²) in [6, 6.07) is 5.41. The molecule has 0 spiro atoms. The Morgan fingerprint density at radius 1 is 1.42 bits per heavy atom. The fourth-order valence-corrected chi connectivity index (χ4v) is 2.93. The standard InChI is InChI=1S/C11H13ClN4O2S/c1-8-4-3-5-9(15-8)6-14-19(17,18)11-10(12)16(2)7-13-11/h3-5,7,14H,6H2,1-2H3. The van der Waals surface area contributed by atoms with E-state index in [4.69, 9.17) is 11.6 Å². The van der Waals surface area contributed by atoms with Crippen molar-refractivity contribution in [2.45, 2.75) is 18.5 Å². The van der Waals surface area contributed by atoms with Gasteiger partial charge in [-0.15, -0.1) is 0 Å². The Labute approximate surface area is 116 Å². The van der Waals surface area contributed by atoms with Gasteiger partial charge in [0.2, 0.25) is 5.03 Å². The third kappa shape index (κ3) is 3.12. The molecular formula is C11H13ClN4O2S. The lowest BCUT2D eigenvalue weighted by molar-refractivity contribution is 0.577. The highest BCUT2D eigenvalue weighted by Crippen LogP contribution is 2.18. The Kier molecular flexibility index (Phi) is 3.88. The molecule has 0 unspecified atom stereocenters. The topological polar surface area (TPSA) is 76.9 Å². The highest BCUT2D eigenvalue weighted by Gasteiger charge is 2.21. The molecule has 0 fully saturated rings. The average Bonchev–Trinajstić information content (AvgIpc) is 2.68. The third-order valence-corrected chi connectivity index (χ3v) is 4.37. The van der Waals surface area contributed by atoms with Gasteiger partial charge in [-0.1, -0.05) is 17.7 Å². The van der Waals surface area contributed by atoms with Crippen LogP contribution in [0.15, 0.2) is 29.6 Å². The van der Waals surface area contributed by atoms with Crippen LogP contribution in [0, 0.1) is 6.92 Å². The molecule has 2 rings (SSSR count). The summed E-state index contributed by atoms with van der Waals surface area (Å²) in [7, 11) is -2.11. The van der Waals surface area contributed by atoms with Crippen LogP contribution in [0.3, 0.4) is 0 Å². The number of aromatic nitrogens is 3. The molecule has 0 bridgehead atoms. The average molecular weight is 301 g/mol. The van der Waals surface area contributed by atoms with E-state index in [1.54, 1.807) is 13.1 Å². The molecule has 0 aliphatic heterocycles. The van der Waals surface area contributed by atoms with Gasteiger partial charge < -0.3 is 4.57 Å². The van der Waals surface area contributed by atoms with Gasteiger partial charge in [-0.2, -0.15) is 0 Å². The lowest BCUT2D eigenvalue weighted by Gasteiger charge is -2.05. The first kappa shape index (κ1) is 14.0. The number of sulfonamides is 1. The number of rotatable bonds is 4. The summed E-state index contributed by atoms with van der Waals surface area (Å²) in [5.74, 6) is 0. The molecular weight excluding hydrogens is 288 g/mol. The van der Waals surface area contributed by atoms with Crippen molar-refractivity contribution in [1.29, 1.82) is 0 Å². The van der Waals surface area contributed by atoms with Gasteiger partial charge in [-0.25, -0.2) is 18.1 Å². The monoisotopic (exact) mass is 300 g/mol. The van der Waals surface area contributed by atoms with Gasteiger partial charge >= 0.3 is 0 Å². The zero-order chi connectivity index (χ0) is 14.0. The first-order valence-electron chi connectivity index (χ1n) is 5.49. The van der Waals surface area contributed by atoms with Gasteiger partial charge in [0.15, 0.2) is 0 Å². The van der Waals surface area contributed by atoms with Crippen molar-refractivity contribution in [3.63, 3.8) is 0 Å². The Bertz CT molecular complexity index is 696. The Morgan fingerprint density at radius 3 is 2.74 bits per heavy atom. The number of aryl methyl sites for hydroxylation is 2. The van der Waals surface area contributed by atoms with Gasteiger partial charge in [-0.3, -0.25) is 4.98 Å². The highest BCUT2D eigenvalue weighted by atomic mass is 35.5. The first-order chi connectivity index (χ1) is 8.90. The highest BCUT2D eigenvalue weighted by molar-refractivity contribution is 7.89. The maximum atomic E-state index is 12.0. The minimum absolute atomic E-state index is 0.0738. The van der Waals surface area contributed by atoms with E-state index in [-0.39, 0.29) is 16.7 Å². The molecule has 2 heterocycles. The maximum Gasteiger partial charge on any atom is 0.261 e. The number of hydrogen-bond donors (Lipinski definition) is 1. The van der Waals surface area contributed by atoms with Crippen LogP contribution in [0.2, 0.25) is 5.15 Å². The van der Waals surface area contributed by atoms with Gasteiger partial charge in [-0.05, 0) is 19.1 Å². The van der Waals surface area contributed by atoms with Gasteiger partial charge in [0.25, 0.3) is 10.0 Å². The summed E-state index contributed by atoms with van der Waals surface area (Å²) in [5.41, 5.74) is 1.46. The zero-order valence-electron chi connectivity index (χ0n) is 10.5. The van der Waals surface area contributed by atoms with E-state index in [1.165, 1.54) is 10.9 Å². The molecule has 0 saturated heterocycles. The number of halogens is 1. The molecule has 0 aliphatic rings. The molecule has 0 atom stereocenters. The number of pyridine rings is 1. The molecule has 19 heavy (non-hydrogen) atoms. The van der Waals surface area contributed by atoms with E-state index in [1.807, 2.05) is 19.1 Å². The van der Waals surface area contributed by atoms with E-state index in [9.17, 15) is 8.42 Å². The number of hydrogen-bond acceptors (Lipinski definition) is 4. The van der Waals surface area contributed by atoms with Crippen molar-refractivity contribution < 1.29 is 8.42 Å². The summed E-state index contributed by atoms with van der Waals surface area (Å²) in [6.07, 6.45) is 1.35. The lowest BCUT2D eigenvalue weighted by Crippen LogP contribution is -2.24. The summed E-state index contributed by atoms with van der Waals surface area (Å²) in [5, 5.41) is -0.103. The third-order valence-electron chi connectivity index (χ3n) is 2.48. The predicted octanol–water partition coefficient (Wildman–Crippen LogP) is 1.26. The first-order valence-corrected chi connectivity index (χ1v) is 7.35. The molecule has 0 aromatic carbocycles. The molecule has 8 heteroatoms. The van der Waals surface area contributed by atoms with Crippen molar-refractivity contribution in [3.8, 4) is 0 Å². The molecule has 0 radical (unpaired) electrons. The summed E-state index contributed by atoms with van der Waals surface area (Å²) >= 11 is 5.87. The van der Waals surface area contributed by atoms with Crippen molar-refractivity contribution >= 4 is 21.6 Å². The quantitative estimate of drug-likeness (QED) is 0.922. The SMILES string of the molecule is Cc1cccc(CNS(=O)(=O)c2ncn(C)c2Cl)n1. The van der Waals surface area contributed by atoms with E-state index in [0.29, 0.717) is 5.69 Å². The van der Waals surface area contributed by atoms with E-state index >= 15 is 0 Å². The van der Waals surface area contributed by atoms with Crippen LogP contribution >= 0.6 is 11.6 Å². The van der Waals surface area contributed by atoms with Gasteiger partial charge in [0, 0.05) is 12.7 Å². The molecule has 102 valence electrons. The smallest absolute Gasteiger partial charge is 0.261 e. The fraction of sp³-hybridized carbons (Fsp3) is 0.273. The molecule has 6 nitrogen and oxygen atoms in total. The van der Waals surface area contributed by atoms with Crippen LogP contribution in [0.1, 0.15) is 11.4 Å². The number of nitrogens with zero attached hydrogens (tertiary/aromatic N) is 3.